The summed E-state index contributed by atoms with van der Waals surface area (Å²) >= 11 is 0. The quantitative estimate of drug-likeness (QED) is 0.681. The van der Waals surface area contributed by atoms with E-state index in [4.69, 9.17) is 5.73 Å². The third-order valence-corrected chi connectivity index (χ3v) is 5.88. The Labute approximate surface area is 163 Å². The molecule has 3 aromatic rings. The summed E-state index contributed by atoms with van der Waals surface area (Å²) < 4.78 is 25.5. The lowest BCUT2D eigenvalue weighted by atomic mass is 10.1. The summed E-state index contributed by atoms with van der Waals surface area (Å²) in [6.07, 6.45) is 4.66. The molecule has 3 rings (SSSR count). The second-order valence-electron chi connectivity index (χ2n) is 6.16. The van der Waals surface area contributed by atoms with Crippen molar-refractivity contribution in [3.8, 4) is 11.1 Å². The van der Waals surface area contributed by atoms with Crippen LogP contribution in [0, 0.1) is 0 Å². The Bertz CT molecular complexity index is 1100. The Balaban J connectivity index is 1.90. The highest BCUT2D eigenvalue weighted by molar-refractivity contribution is 7.89. The largest absolute Gasteiger partial charge is 0.383 e. The number of aromatic nitrogens is 2. The molecule has 28 heavy (non-hydrogen) atoms. The molecule has 0 radical (unpaired) electrons. The first kappa shape index (κ1) is 19.5. The van der Waals surface area contributed by atoms with E-state index in [0.717, 1.165) is 4.31 Å². The Hall–Kier alpha value is -3.30. The molecule has 2 heterocycles. The van der Waals surface area contributed by atoms with Crippen LogP contribution in [0.4, 0.5) is 11.5 Å². The van der Waals surface area contributed by atoms with Crippen LogP contribution < -0.4 is 11.1 Å². The van der Waals surface area contributed by atoms with Gasteiger partial charge in [0.15, 0.2) is 0 Å². The molecule has 0 aliphatic carbocycles. The molecule has 0 atom stereocenters. The molecule has 8 nitrogen and oxygen atoms in total. The van der Waals surface area contributed by atoms with Gasteiger partial charge in [0.2, 0.25) is 10.0 Å². The SMILES string of the molecule is CN(C)S(=O)(=O)c1ccc(-c2cnc(N)c(C(=O)Nc3cccnc3)c2)cc1. The molecule has 9 heteroatoms. The lowest BCUT2D eigenvalue weighted by Gasteiger charge is -2.12. The Morgan fingerprint density at radius 2 is 1.79 bits per heavy atom. The van der Waals surface area contributed by atoms with Crippen molar-refractivity contribution in [2.24, 2.45) is 0 Å². The van der Waals surface area contributed by atoms with Gasteiger partial charge in [0.25, 0.3) is 5.91 Å². The first-order valence-corrected chi connectivity index (χ1v) is 9.73. The molecule has 0 aliphatic rings. The van der Waals surface area contributed by atoms with Crippen LogP contribution in [0.25, 0.3) is 11.1 Å². The van der Waals surface area contributed by atoms with Crippen molar-refractivity contribution in [3.05, 3.63) is 66.6 Å². The van der Waals surface area contributed by atoms with Gasteiger partial charge in [0, 0.05) is 32.1 Å². The fourth-order valence-electron chi connectivity index (χ4n) is 2.48. The van der Waals surface area contributed by atoms with E-state index in [1.54, 1.807) is 36.5 Å². The van der Waals surface area contributed by atoms with Gasteiger partial charge in [-0.15, -0.1) is 0 Å². The maximum Gasteiger partial charge on any atom is 0.259 e. The van der Waals surface area contributed by atoms with E-state index in [2.05, 4.69) is 15.3 Å². The maximum atomic E-state index is 12.5. The number of sulfonamides is 1. The standard InChI is InChI=1S/C19H19N5O3S/c1-24(2)28(26,27)16-7-5-13(6-8-16)14-10-17(18(20)22-11-14)19(25)23-15-4-3-9-21-12-15/h3-12H,1-2H3,(H2,20,22)(H,23,25). The van der Waals surface area contributed by atoms with Crippen molar-refractivity contribution in [1.29, 1.82) is 0 Å². The molecule has 0 bridgehead atoms. The molecule has 2 aromatic heterocycles. The third kappa shape index (κ3) is 4.00. The van der Waals surface area contributed by atoms with Crippen molar-refractivity contribution in [3.63, 3.8) is 0 Å². The van der Waals surface area contributed by atoms with Gasteiger partial charge in [0.05, 0.1) is 22.3 Å². The van der Waals surface area contributed by atoms with Gasteiger partial charge in [-0.25, -0.2) is 17.7 Å². The number of benzene rings is 1. The summed E-state index contributed by atoms with van der Waals surface area (Å²) in [6, 6.07) is 11.4. The topological polar surface area (TPSA) is 118 Å². The minimum Gasteiger partial charge on any atom is -0.383 e. The van der Waals surface area contributed by atoms with Gasteiger partial charge >= 0.3 is 0 Å². The fraction of sp³-hybridized carbons (Fsp3) is 0.105. The van der Waals surface area contributed by atoms with Crippen molar-refractivity contribution >= 4 is 27.4 Å². The second kappa shape index (κ2) is 7.75. The van der Waals surface area contributed by atoms with Gasteiger partial charge in [-0.2, -0.15) is 0 Å². The highest BCUT2D eigenvalue weighted by Gasteiger charge is 2.17. The molecule has 144 valence electrons. The van der Waals surface area contributed by atoms with Crippen molar-refractivity contribution in [2.75, 3.05) is 25.1 Å². The number of nitrogen functional groups attached to an aromatic ring is 1. The van der Waals surface area contributed by atoms with Gasteiger partial charge in [-0.05, 0) is 35.9 Å². The zero-order valence-electron chi connectivity index (χ0n) is 15.3. The fourth-order valence-corrected chi connectivity index (χ4v) is 3.38. The van der Waals surface area contributed by atoms with Crippen LogP contribution in [-0.4, -0.2) is 42.7 Å². The van der Waals surface area contributed by atoms with Gasteiger partial charge < -0.3 is 11.1 Å². The monoisotopic (exact) mass is 397 g/mol. The van der Waals surface area contributed by atoms with Crippen LogP contribution in [-0.2, 0) is 10.0 Å². The van der Waals surface area contributed by atoms with Crippen LogP contribution in [0.5, 0.6) is 0 Å². The number of hydrogen-bond donors (Lipinski definition) is 2. The zero-order chi connectivity index (χ0) is 20.3. The lowest BCUT2D eigenvalue weighted by molar-refractivity contribution is 0.102. The molecule has 0 spiro atoms. The molecule has 0 fully saturated rings. The highest BCUT2D eigenvalue weighted by Crippen LogP contribution is 2.25. The summed E-state index contributed by atoms with van der Waals surface area (Å²) in [5.74, 6) is -0.316. The molecule has 1 aromatic carbocycles. The number of carbonyl (C=O) groups excluding carboxylic acids is 1. The normalized spacial score (nSPS) is 11.4. The summed E-state index contributed by atoms with van der Waals surface area (Å²) in [6.45, 7) is 0. The number of pyridine rings is 2. The second-order valence-corrected chi connectivity index (χ2v) is 8.32. The molecular weight excluding hydrogens is 378 g/mol. The Morgan fingerprint density at radius 3 is 2.39 bits per heavy atom. The van der Waals surface area contributed by atoms with Gasteiger partial charge in [-0.3, -0.25) is 9.78 Å². The molecular formula is C19H19N5O3S. The first-order valence-electron chi connectivity index (χ1n) is 8.29. The van der Waals surface area contributed by atoms with Crippen molar-refractivity contribution < 1.29 is 13.2 Å². The molecule has 0 aliphatic heterocycles. The van der Waals surface area contributed by atoms with Gasteiger partial charge in [0.1, 0.15) is 5.82 Å². The van der Waals surface area contributed by atoms with Crippen LogP contribution in [0.15, 0.2) is 66.0 Å². The van der Waals surface area contributed by atoms with E-state index in [0.29, 0.717) is 16.8 Å². The number of rotatable bonds is 5. The predicted molar refractivity (Wildman–Crippen MR) is 107 cm³/mol. The summed E-state index contributed by atoms with van der Waals surface area (Å²) in [7, 11) is -0.566. The molecule has 0 saturated heterocycles. The van der Waals surface area contributed by atoms with E-state index >= 15 is 0 Å². The van der Waals surface area contributed by atoms with Crippen LogP contribution >= 0.6 is 0 Å². The first-order chi connectivity index (χ1) is 13.3. The summed E-state index contributed by atoms with van der Waals surface area (Å²) in [5, 5.41) is 2.71. The number of anilines is 2. The van der Waals surface area contributed by atoms with Crippen molar-refractivity contribution in [2.45, 2.75) is 4.90 Å². The minimum absolute atomic E-state index is 0.0944. The molecule has 1 amide bonds. The average Bonchev–Trinajstić information content (AvgIpc) is 2.69. The van der Waals surface area contributed by atoms with Crippen LogP contribution in [0.3, 0.4) is 0 Å². The van der Waals surface area contributed by atoms with E-state index in [1.807, 2.05) is 0 Å². The number of carbonyl (C=O) groups is 1. The van der Waals surface area contributed by atoms with Gasteiger partial charge in [-0.1, -0.05) is 12.1 Å². The van der Waals surface area contributed by atoms with E-state index in [-0.39, 0.29) is 16.3 Å². The lowest BCUT2D eigenvalue weighted by Crippen LogP contribution is -2.22. The third-order valence-electron chi connectivity index (χ3n) is 4.05. The van der Waals surface area contributed by atoms with E-state index < -0.39 is 15.9 Å². The van der Waals surface area contributed by atoms with Crippen LogP contribution in [0.1, 0.15) is 10.4 Å². The molecule has 3 N–H and O–H groups in total. The summed E-state index contributed by atoms with van der Waals surface area (Å²) in [5.41, 5.74) is 7.96. The predicted octanol–water partition coefficient (Wildman–Crippen LogP) is 2.23. The van der Waals surface area contributed by atoms with Crippen molar-refractivity contribution in [1.82, 2.24) is 14.3 Å². The Morgan fingerprint density at radius 1 is 1.07 bits per heavy atom. The number of nitrogens with one attached hydrogen (secondary N) is 1. The Kier molecular flexibility index (Phi) is 5.39. The average molecular weight is 397 g/mol. The number of hydrogen-bond acceptors (Lipinski definition) is 6. The van der Waals surface area contributed by atoms with E-state index in [1.165, 1.54) is 38.6 Å². The van der Waals surface area contributed by atoms with E-state index in [9.17, 15) is 13.2 Å². The maximum absolute atomic E-state index is 12.5. The summed E-state index contributed by atoms with van der Waals surface area (Å²) in [4.78, 5) is 20.8. The molecule has 0 saturated carbocycles. The smallest absolute Gasteiger partial charge is 0.259 e. The zero-order valence-corrected chi connectivity index (χ0v) is 16.1. The number of amides is 1. The number of nitrogens with zero attached hydrogens (tertiary/aromatic N) is 3. The highest BCUT2D eigenvalue weighted by atomic mass is 32.2. The number of nitrogens with two attached hydrogens (primary N) is 1. The minimum atomic E-state index is -3.51. The molecule has 0 unspecified atom stereocenters. The van der Waals surface area contributed by atoms with Crippen LogP contribution in [0.2, 0.25) is 0 Å².